The third-order valence-corrected chi connectivity index (χ3v) is 2.63. The first kappa shape index (κ1) is 15.9. The normalized spacial score (nSPS) is 14.1. The van der Waals surface area contributed by atoms with E-state index in [0.29, 0.717) is 12.1 Å². The molecule has 98 valence electrons. The minimum atomic E-state index is 0.287. The molecule has 0 aromatic rings. The largest absolute Gasteiger partial charge is 0.380 e. The molecular weight excluding hydrogens is 202 g/mol. The van der Waals surface area contributed by atoms with Crippen LogP contribution in [-0.4, -0.2) is 49.5 Å². The first-order valence-electron chi connectivity index (χ1n) is 6.47. The highest BCUT2D eigenvalue weighted by Gasteiger charge is 2.20. The van der Waals surface area contributed by atoms with Crippen LogP contribution in [-0.2, 0) is 9.47 Å². The molecule has 0 fully saturated rings. The average molecular weight is 231 g/mol. The molecule has 1 atom stereocenters. The molecule has 0 rings (SSSR count). The Bertz CT molecular complexity index is 160. The average Bonchev–Trinajstić information content (AvgIpc) is 2.21. The minimum absolute atomic E-state index is 0.287. The lowest BCUT2D eigenvalue weighted by molar-refractivity contribution is -0.0197. The number of rotatable bonds is 9. The van der Waals surface area contributed by atoms with Gasteiger partial charge in [-0.3, -0.25) is 4.90 Å². The van der Waals surface area contributed by atoms with E-state index in [4.69, 9.17) is 9.47 Å². The van der Waals surface area contributed by atoms with Crippen LogP contribution in [0.1, 0.15) is 41.5 Å². The molecule has 0 amide bonds. The van der Waals surface area contributed by atoms with Crippen LogP contribution in [0.4, 0.5) is 0 Å². The van der Waals surface area contributed by atoms with Crippen molar-refractivity contribution in [3.05, 3.63) is 0 Å². The summed E-state index contributed by atoms with van der Waals surface area (Å²) in [5, 5.41) is 0. The van der Waals surface area contributed by atoms with Crippen molar-refractivity contribution < 1.29 is 9.47 Å². The third kappa shape index (κ3) is 6.46. The topological polar surface area (TPSA) is 21.7 Å². The molecule has 1 unspecified atom stereocenters. The number of ether oxygens (including phenoxy) is 2. The van der Waals surface area contributed by atoms with Gasteiger partial charge in [-0.15, -0.1) is 0 Å². The van der Waals surface area contributed by atoms with Crippen LogP contribution in [0.5, 0.6) is 0 Å². The fraction of sp³-hybridized carbons (Fsp3) is 1.00. The van der Waals surface area contributed by atoms with E-state index in [2.05, 4.69) is 39.5 Å². The van der Waals surface area contributed by atoms with Crippen LogP contribution in [0.3, 0.4) is 0 Å². The number of likely N-dealkylation sites (N-methyl/N-ethyl adjacent to an activating group) is 1. The maximum atomic E-state index is 5.71. The van der Waals surface area contributed by atoms with Crippen LogP contribution in [0, 0.1) is 0 Å². The zero-order valence-corrected chi connectivity index (χ0v) is 11.8. The van der Waals surface area contributed by atoms with E-state index in [9.17, 15) is 0 Å². The van der Waals surface area contributed by atoms with E-state index in [1.807, 2.05) is 6.92 Å². The summed E-state index contributed by atoms with van der Waals surface area (Å²) in [4.78, 5) is 2.43. The number of nitrogens with zero attached hydrogens (tertiary/aromatic N) is 1. The Morgan fingerprint density at radius 1 is 1.00 bits per heavy atom. The maximum Gasteiger partial charge on any atom is 0.0647 e. The molecule has 16 heavy (non-hydrogen) atoms. The predicted molar refractivity (Wildman–Crippen MR) is 68.9 cm³/mol. The molecule has 0 aromatic carbocycles. The molecule has 0 bridgehead atoms. The van der Waals surface area contributed by atoms with E-state index in [1.54, 1.807) is 0 Å². The molecule has 0 saturated carbocycles. The molecule has 0 aliphatic rings. The van der Waals surface area contributed by atoms with E-state index in [-0.39, 0.29) is 6.10 Å². The van der Waals surface area contributed by atoms with Crippen molar-refractivity contribution in [1.82, 2.24) is 4.90 Å². The molecule has 0 saturated heterocycles. The Kier molecular flexibility index (Phi) is 8.90. The lowest BCUT2D eigenvalue weighted by Crippen LogP contribution is -2.46. The van der Waals surface area contributed by atoms with E-state index in [0.717, 1.165) is 26.4 Å². The Hall–Kier alpha value is -0.120. The van der Waals surface area contributed by atoms with Gasteiger partial charge in [-0.05, 0) is 41.2 Å². The van der Waals surface area contributed by atoms with Crippen molar-refractivity contribution in [2.24, 2.45) is 0 Å². The summed E-state index contributed by atoms with van der Waals surface area (Å²) in [5.41, 5.74) is 0. The third-order valence-electron chi connectivity index (χ3n) is 2.63. The number of hydrogen-bond acceptors (Lipinski definition) is 3. The standard InChI is InChI=1S/C13H29NO2/c1-7-14(11(3)4)13(9-15-8-2)10-16-12(5)6/h11-13H,7-10H2,1-6H3. The van der Waals surface area contributed by atoms with Crippen LogP contribution in [0.2, 0.25) is 0 Å². The fourth-order valence-electron chi connectivity index (χ4n) is 1.84. The lowest BCUT2D eigenvalue weighted by atomic mass is 10.2. The zero-order chi connectivity index (χ0) is 12.6. The number of hydrogen-bond donors (Lipinski definition) is 0. The molecule has 3 nitrogen and oxygen atoms in total. The van der Waals surface area contributed by atoms with Gasteiger partial charge in [-0.25, -0.2) is 0 Å². The maximum absolute atomic E-state index is 5.71. The summed E-state index contributed by atoms with van der Waals surface area (Å²) in [6.45, 7) is 16.1. The Morgan fingerprint density at radius 2 is 1.62 bits per heavy atom. The fourth-order valence-corrected chi connectivity index (χ4v) is 1.84. The molecule has 0 radical (unpaired) electrons. The molecular formula is C13H29NO2. The van der Waals surface area contributed by atoms with Crippen molar-refractivity contribution in [3.8, 4) is 0 Å². The van der Waals surface area contributed by atoms with Gasteiger partial charge in [0.2, 0.25) is 0 Å². The van der Waals surface area contributed by atoms with Crippen molar-refractivity contribution in [1.29, 1.82) is 0 Å². The van der Waals surface area contributed by atoms with E-state index < -0.39 is 0 Å². The summed E-state index contributed by atoms with van der Waals surface area (Å²) in [6.07, 6.45) is 0.287. The SMILES string of the molecule is CCOCC(COC(C)C)N(CC)C(C)C. The van der Waals surface area contributed by atoms with Crippen LogP contribution in [0.25, 0.3) is 0 Å². The van der Waals surface area contributed by atoms with Crippen LogP contribution in [0.15, 0.2) is 0 Å². The highest BCUT2D eigenvalue weighted by atomic mass is 16.5. The van der Waals surface area contributed by atoms with Crippen molar-refractivity contribution in [2.45, 2.75) is 59.7 Å². The first-order chi connectivity index (χ1) is 7.52. The highest BCUT2D eigenvalue weighted by molar-refractivity contribution is 4.73. The predicted octanol–water partition coefficient (Wildman–Crippen LogP) is 2.55. The van der Waals surface area contributed by atoms with Gasteiger partial charge in [-0.2, -0.15) is 0 Å². The van der Waals surface area contributed by atoms with Gasteiger partial charge in [0, 0.05) is 12.6 Å². The van der Waals surface area contributed by atoms with E-state index in [1.165, 1.54) is 0 Å². The van der Waals surface area contributed by atoms with Gasteiger partial charge in [0.25, 0.3) is 0 Å². The molecule has 0 aliphatic carbocycles. The van der Waals surface area contributed by atoms with Crippen LogP contribution < -0.4 is 0 Å². The Balaban J connectivity index is 4.25. The molecule has 0 spiro atoms. The zero-order valence-electron chi connectivity index (χ0n) is 11.8. The highest BCUT2D eigenvalue weighted by Crippen LogP contribution is 2.08. The second-order valence-corrected chi connectivity index (χ2v) is 4.62. The quantitative estimate of drug-likeness (QED) is 0.609. The smallest absolute Gasteiger partial charge is 0.0647 e. The summed E-state index contributed by atoms with van der Waals surface area (Å²) in [7, 11) is 0. The van der Waals surface area contributed by atoms with Gasteiger partial charge in [0.1, 0.15) is 0 Å². The van der Waals surface area contributed by atoms with E-state index >= 15 is 0 Å². The first-order valence-corrected chi connectivity index (χ1v) is 6.47. The lowest BCUT2D eigenvalue weighted by Gasteiger charge is -2.34. The summed E-state index contributed by atoms with van der Waals surface area (Å²) in [6, 6.07) is 0.901. The van der Waals surface area contributed by atoms with Gasteiger partial charge in [0.05, 0.1) is 25.4 Å². The summed E-state index contributed by atoms with van der Waals surface area (Å²) in [5.74, 6) is 0. The van der Waals surface area contributed by atoms with Gasteiger partial charge < -0.3 is 9.47 Å². The van der Waals surface area contributed by atoms with Gasteiger partial charge in [0.15, 0.2) is 0 Å². The molecule has 0 aromatic heterocycles. The van der Waals surface area contributed by atoms with Crippen molar-refractivity contribution in [3.63, 3.8) is 0 Å². The summed E-state index contributed by atoms with van der Waals surface area (Å²) >= 11 is 0. The Morgan fingerprint density at radius 3 is 2.00 bits per heavy atom. The molecule has 0 aliphatic heterocycles. The molecule has 3 heteroatoms. The second kappa shape index (κ2) is 8.97. The molecule has 0 heterocycles. The van der Waals surface area contributed by atoms with Gasteiger partial charge >= 0.3 is 0 Å². The second-order valence-electron chi connectivity index (χ2n) is 4.62. The summed E-state index contributed by atoms with van der Waals surface area (Å²) < 4.78 is 11.3. The van der Waals surface area contributed by atoms with Crippen LogP contribution >= 0.6 is 0 Å². The minimum Gasteiger partial charge on any atom is -0.380 e. The molecule has 0 N–H and O–H groups in total. The van der Waals surface area contributed by atoms with Gasteiger partial charge in [-0.1, -0.05) is 6.92 Å². The van der Waals surface area contributed by atoms with Crippen molar-refractivity contribution >= 4 is 0 Å². The monoisotopic (exact) mass is 231 g/mol. The Labute approximate surface area is 101 Å². The van der Waals surface area contributed by atoms with Crippen molar-refractivity contribution in [2.75, 3.05) is 26.4 Å².